The van der Waals surface area contributed by atoms with Gasteiger partial charge >= 0.3 is 0 Å². The fraction of sp³-hybridized carbons (Fsp3) is 0. The Morgan fingerprint density at radius 3 is 1.88 bits per heavy atom. The summed E-state index contributed by atoms with van der Waals surface area (Å²) in [5.41, 5.74) is 6.77. The van der Waals surface area contributed by atoms with Crippen LogP contribution < -0.4 is 0 Å². The van der Waals surface area contributed by atoms with E-state index in [1.165, 1.54) is 51.1 Å². The summed E-state index contributed by atoms with van der Waals surface area (Å²) < 4.78 is 13.9. The number of benzene rings is 7. The summed E-state index contributed by atoms with van der Waals surface area (Å²) in [7, 11) is 0. The van der Waals surface area contributed by atoms with Crippen LogP contribution in [0.25, 0.3) is 112 Å². The maximum Gasteiger partial charge on any atom is 0.235 e. The number of nitrogens with zero attached hydrogens (tertiary/aromatic N) is 3. The Morgan fingerprint density at radius 1 is 0.480 bits per heavy atom. The van der Waals surface area contributed by atoms with Crippen LogP contribution in [0.5, 0.6) is 0 Å². The van der Waals surface area contributed by atoms with Gasteiger partial charge in [-0.2, -0.15) is 0 Å². The van der Waals surface area contributed by atoms with Crippen molar-refractivity contribution in [3.8, 4) is 17.2 Å². The minimum Gasteiger partial charge on any atom is -0.456 e. The van der Waals surface area contributed by atoms with Crippen LogP contribution in [-0.4, -0.2) is 14.5 Å². The third kappa shape index (κ3) is 3.49. The Kier molecular flexibility index (Phi) is 5.23. The van der Waals surface area contributed by atoms with Crippen LogP contribution in [0, 0.1) is 0 Å². The largest absolute Gasteiger partial charge is 0.456 e. The smallest absolute Gasteiger partial charge is 0.235 e. The second-order valence-corrected chi connectivity index (χ2v) is 15.0. The minimum absolute atomic E-state index is 0.659. The van der Waals surface area contributed by atoms with E-state index in [4.69, 9.17) is 14.4 Å². The zero-order valence-corrected chi connectivity index (χ0v) is 28.0. The molecule has 0 radical (unpaired) electrons. The van der Waals surface area contributed by atoms with Crippen LogP contribution in [0.15, 0.2) is 144 Å². The molecule has 0 spiro atoms. The quantitative estimate of drug-likeness (QED) is 0.183. The van der Waals surface area contributed by atoms with Gasteiger partial charge in [0.1, 0.15) is 11.2 Å². The van der Waals surface area contributed by atoms with E-state index in [9.17, 15) is 0 Å². The van der Waals surface area contributed by atoms with Crippen molar-refractivity contribution in [3.63, 3.8) is 0 Å². The Morgan fingerprint density at radius 2 is 1.08 bits per heavy atom. The van der Waals surface area contributed by atoms with Crippen molar-refractivity contribution < 1.29 is 4.42 Å². The summed E-state index contributed by atoms with van der Waals surface area (Å²) in [6.07, 6.45) is 0. The van der Waals surface area contributed by atoms with Crippen molar-refractivity contribution in [3.05, 3.63) is 140 Å². The van der Waals surface area contributed by atoms with Crippen LogP contribution in [0.1, 0.15) is 0 Å². The van der Waals surface area contributed by atoms with Gasteiger partial charge in [-0.25, -0.2) is 9.97 Å². The van der Waals surface area contributed by atoms with Gasteiger partial charge in [0.15, 0.2) is 0 Å². The second kappa shape index (κ2) is 9.76. The highest BCUT2D eigenvalue weighted by Gasteiger charge is 2.26. The standard InChI is InChI=1S/C44H23N3OS2/c1-6-16-31-27(12-1)40(24-21-22-26-25-11-3-8-18-33(25)48-34(26)23-24)46-44(45-31)47-32-17-7-2-13-28(32)37-41(47)38-29-14-4-9-19-35(29)49-43(38)39-30-15-5-10-20-36(30)50-42(37)39/h1-23H. The zero-order chi connectivity index (χ0) is 32.5. The molecule has 0 atom stereocenters. The molecular weight excluding hydrogens is 651 g/mol. The molecule has 12 rings (SSSR count). The molecule has 0 bridgehead atoms. The summed E-state index contributed by atoms with van der Waals surface area (Å²) in [5, 5.41) is 10.9. The van der Waals surface area contributed by atoms with Crippen LogP contribution in [0.3, 0.4) is 0 Å². The van der Waals surface area contributed by atoms with Gasteiger partial charge in [0.05, 0.1) is 22.2 Å². The normalized spacial score (nSPS) is 12.4. The van der Waals surface area contributed by atoms with E-state index in [1.807, 2.05) is 34.8 Å². The van der Waals surface area contributed by atoms with E-state index in [-0.39, 0.29) is 0 Å². The third-order valence-electron chi connectivity index (χ3n) is 10.2. The third-order valence-corrected chi connectivity index (χ3v) is 12.6. The van der Waals surface area contributed by atoms with Crippen molar-refractivity contribution in [2.45, 2.75) is 0 Å². The lowest BCUT2D eigenvalue weighted by molar-refractivity contribution is 0.669. The van der Waals surface area contributed by atoms with Crippen molar-refractivity contribution in [1.29, 1.82) is 0 Å². The molecular formula is C44H23N3OS2. The first kappa shape index (κ1) is 26.8. The van der Waals surface area contributed by atoms with Crippen LogP contribution >= 0.6 is 22.7 Å². The topological polar surface area (TPSA) is 43.9 Å². The van der Waals surface area contributed by atoms with E-state index in [1.54, 1.807) is 0 Å². The van der Waals surface area contributed by atoms with Gasteiger partial charge in [-0.1, -0.05) is 97.1 Å². The highest BCUT2D eigenvalue weighted by atomic mass is 32.1. The summed E-state index contributed by atoms with van der Waals surface area (Å²) in [6, 6.07) is 49.4. The summed E-state index contributed by atoms with van der Waals surface area (Å²) in [6.45, 7) is 0. The number of fused-ring (bicyclic) bond motifs is 16. The van der Waals surface area contributed by atoms with Crippen molar-refractivity contribution in [2.24, 2.45) is 0 Å². The molecule has 12 aromatic rings. The Labute approximate surface area is 292 Å². The lowest BCUT2D eigenvalue weighted by Gasteiger charge is -2.12. The van der Waals surface area contributed by atoms with E-state index in [2.05, 4.69) is 132 Å². The average molecular weight is 674 g/mol. The number of hydrogen-bond acceptors (Lipinski definition) is 5. The van der Waals surface area contributed by atoms with Crippen LogP contribution in [0.2, 0.25) is 0 Å². The molecule has 0 N–H and O–H groups in total. The molecule has 0 saturated carbocycles. The fourth-order valence-corrected chi connectivity index (χ4v) is 10.7. The summed E-state index contributed by atoms with van der Waals surface area (Å²) in [5.74, 6) is 0.659. The molecule has 5 heterocycles. The van der Waals surface area contributed by atoms with Gasteiger partial charge in [-0.15, -0.1) is 22.7 Å². The van der Waals surface area contributed by atoms with E-state index in [0.29, 0.717) is 5.95 Å². The van der Waals surface area contributed by atoms with Gasteiger partial charge in [0.25, 0.3) is 0 Å². The van der Waals surface area contributed by atoms with Crippen molar-refractivity contribution in [2.75, 3.05) is 0 Å². The van der Waals surface area contributed by atoms with E-state index in [0.717, 1.165) is 55.1 Å². The summed E-state index contributed by atoms with van der Waals surface area (Å²) >= 11 is 3.77. The summed E-state index contributed by atoms with van der Waals surface area (Å²) in [4.78, 5) is 10.8. The Bertz CT molecular complexity index is 3370. The number of rotatable bonds is 2. The monoisotopic (exact) mass is 673 g/mol. The minimum atomic E-state index is 0.659. The molecule has 0 unspecified atom stereocenters. The van der Waals surface area contributed by atoms with E-state index < -0.39 is 0 Å². The fourth-order valence-electron chi connectivity index (χ4n) is 8.08. The van der Waals surface area contributed by atoms with Crippen LogP contribution in [0.4, 0.5) is 0 Å². The molecule has 0 aliphatic carbocycles. The number of furan rings is 1. The molecule has 0 aliphatic heterocycles. The van der Waals surface area contributed by atoms with Crippen LogP contribution in [-0.2, 0) is 0 Å². The molecule has 0 aliphatic rings. The first-order valence-corrected chi connectivity index (χ1v) is 18.3. The first-order chi connectivity index (χ1) is 24.8. The lowest BCUT2D eigenvalue weighted by atomic mass is 10.0. The molecule has 7 aromatic carbocycles. The highest BCUT2D eigenvalue weighted by molar-refractivity contribution is 7.30. The van der Waals surface area contributed by atoms with E-state index >= 15 is 0 Å². The second-order valence-electron chi connectivity index (χ2n) is 12.9. The number of para-hydroxylation sites is 3. The van der Waals surface area contributed by atoms with Gasteiger partial charge in [0.2, 0.25) is 5.95 Å². The predicted molar refractivity (Wildman–Crippen MR) is 212 cm³/mol. The van der Waals surface area contributed by atoms with Gasteiger partial charge in [-0.3, -0.25) is 4.57 Å². The maximum atomic E-state index is 6.34. The van der Waals surface area contributed by atoms with Crippen molar-refractivity contribution >= 4 is 118 Å². The Balaban J connectivity index is 1.26. The molecule has 232 valence electrons. The maximum absolute atomic E-state index is 6.34. The number of hydrogen-bond donors (Lipinski definition) is 0. The number of aromatic nitrogens is 3. The molecule has 0 saturated heterocycles. The number of thiophene rings is 2. The lowest BCUT2D eigenvalue weighted by Crippen LogP contribution is -2.03. The molecule has 4 nitrogen and oxygen atoms in total. The van der Waals surface area contributed by atoms with Crippen molar-refractivity contribution in [1.82, 2.24) is 14.5 Å². The zero-order valence-electron chi connectivity index (χ0n) is 26.3. The molecule has 6 heteroatoms. The SMILES string of the molecule is c1ccc2c(-c3ccc4c(c3)oc3ccccc34)nc(-n3c4ccccc4c4c5sc6ccccc6c5c5sc6ccccc6c5c43)nc2c1. The highest BCUT2D eigenvalue weighted by Crippen LogP contribution is 2.52. The van der Waals surface area contributed by atoms with Gasteiger partial charge in [-0.05, 0) is 42.5 Å². The Hall–Kier alpha value is -6.08. The predicted octanol–water partition coefficient (Wildman–Crippen LogP) is 13.0. The molecule has 0 fully saturated rings. The molecule has 0 amide bonds. The first-order valence-electron chi connectivity index (χ1n) is 16.7. The van der Waals surface area contributed by atoms with Gasteiger partial charge < -0.3 is 4.42 Å². The van der Waals surface area contributed by atoms with Gasteiger partial charge in [0, 0.05) is 72.8 Å². The average Bonchev–Trinajstić information content (AvgIpc) is 3.92. The molecule has 50 heavy (non-hydrogen) atoms. The molecule has 5 aromatic heterocycles.